The number of hydrogen-bond donors (Lipinski definition) is 3. The topological polar surface area (TPSA) is 191 Å². The van der Waals surface area contributed by atoms with Gasteiger partial charge >= 0.3 is 12.1 Å². The number of nitrogens with zero attached hydrogens (tertiary/aromatic N) is 5. The predicted molar refractivity (Wildman–Crippen MR) is 198 cm³/mol. The van der Waals surface area contributed by atoms with E-state index < -0.39 is 41.5 Å². The van der Waals surface area contributed by atoms with Crippen LogP contribution in [0.4, 0.5) is 4.79 Å². The lowest BCUT2D eigenvalue weighted by atomic mass is 9.93. The molecule has 5 amide bonds. The van der Waals surface area contributed by atoms with Gasteiger partial charge in [-0.05, 0) is 91.1 Å². The third-order valence-electron chi connectivity index (χ3n) is 10.7. The number of hydrogen-bond acceptors (Lipinski definition) is 10. The van der Waals surface area contributed by atoms with E-state index in [2.05, 4.69) is 15.6 Å². The fraction of sp³-hybridized carbons (Fsp3) is 0.605. The Balaban J connectivity index is 1.31. The Labute approximate surface area is 315 Å². The fourth-order valence-corrected chi connectivity index (χ4v) is 6.50. The molecule has 0 bridgehead atoms. The lowest BCUT2D eigenvalue weighted by molar-refractivity contribution is -0.147. The molecule has 3 heterocycles. The van der Waals surface area contributed by atoms with Crippen molar-refractivity contribution in [3.63, 3.8) is 0 Å². The number of carbonyl (C=O) groups excluding carboxylic acids is 5. The van der Waals surface area contributed by atoms with E-state index in [1.54, 1.807) is 17.0 Å². The van der Waals surface area contributed by atoms with Crippen LogP contribution in [0.3, 0.4) is 0 Å². The van der Waals surface area contributed by atoms with Gasteiger partial charge in [0, 0.05) is 62.2 Å². The van der Waals surface area contributed by atoms with Crippen molar-refractivity contribution in [1.82, 2.24) is 35.2 Å². The van der Waals surface area contributed by atoms with Gasteiger partial charge in [-0.1, -0.05) is 6.07 Å². The average Bonchev–Trinajstić information content (AvgIpc) is 3.62. The van der Waals surface area contributed by atoms with Crippen LogP contribution in [0.1, 0.15) is 74.8 Å². The highest BCUT2D eigenvalue weighted by Crippen LogP contribution is 2.28. The standard InChI is InChI=1S/C38H53N7O9/c1-24-11-12-26-28(20-24)40-29(21-31(26)53-22-32(46)45-15-7-10-30(45)35(49)39-25-8-6-9-25)34(48)41-27(13-14-33(47)54-23-38(2,3)42(4)5)36(50)43-16-18-44(19-17-43)37(51)52/h11-12,20-21,25,27,30H,6-10,13-19,22-23H2,1-5H3,(H,39,49)(H,41,48)(H,51,52)/t27-,30-/m0/s1. The van der Waals surface area contributed by atoms with E-state index in [4.69, 9.17) is 9.47 Å². The number of piperazine rings is 1. The molecule has 2 aromatic rings. The molecule has 0 unspecified atom stereocenters. The molecule has 2 atom stereocenters. The quantitative estimate of drug-likeness (QED) is 0.240. The molecule has 1 aliphatic carbocycles. The summed E-state index contributed by atoms with van der Waals surface area (Å²) in [5.41, 5.74) is 0.812. The average molecular weight is 752 g/mol. The zero-order valence-electron chi connectivity index (χ0n) is 31.9. The summed E-state index contributed by atoms with van der Waals surface area (Å²) in [6, 6.07) is 5.29. The molecule has 2 aliphatic heterocycles. The number of carboxylic acid groups (broad SMARTS) is 1. The van der Waals surface area contributed by atoms with Gasteiger partial charge in [0.25, 0.3) is 11.8 Å². The van der Waals surface area contributed by atoms with Crippen molar-refractivity contribution in [2.75, 3.05) is 60.0 Å². The summed E-state index contributed by atoms with van der Waals surface area (Å²) in [7, 11) is 3.75. The number of aryl methyl sites for hydroxylation is 1. The van der Waals surface area contributed by atoms with Gasteiger partial charge in [-0.15, -0.1) is 0 Å². The van der Waals surface area contributed by atoms with Crippen LogP contribution >= 0.6 is 0 Å². The second-order valence-corrected chi connectivity index (χ2v) is 15.2. The molecule has 16 heteroatoms. The van der Waals surface area contributed by atoms with Gasteiger partial charge in [-0.3, -0.25) is 24.0 Å². The highest BCUT2D eigenvalue weighted by atomic mass is 16.5. The Kier molecular flexibility index (Phi) is 13.0. The zero-order chi connectivity index (χ0) is 39.2. The van der Waals surface area contributed by atoms with E-state index in [9.17, 15) is 33.9 Å². The summed E-state index contributed by atoms with van der Waals surface area (Å²) in [6.07, 6.45) is 2.94. The van der Waals surface area contributed by atoms with E-state index >= 15 is 0 Å². The number of nitrogens with one attached hydrogen (secondary N) is 2. The lowest BCUT2D eigenvalue weighted by Gasteiger charge is -2.35. The van der Waals surface area contributed by atoms with Crippen LogP contribution in [0, 0.1) is 6.92 Å². The van der Waals surface area contributed by atoms with Gasteiger partial charge in [0.15, 0.2) is 6.61 Å². The van der Waals surface area contributed by atoms with Crippen LogP contribution in [-0.2, 0) is 23.9 Å². The SMILES string of the molecule is Cc1ccc2c(OCC(=O)N3CCC[C@H]3C(=O)NC3CCC3)cc(C(=O)N[C@@H](CCC(=O)OCC(C)(C)N(C)C)C(=O)N3CCN(C(=O)O)CC3)nc2c1. The van der Waals surface area contributed by atoms with Crippen molar-refractivity contribution in [3.8, 4) is 5.75 Å². The van der Waals surface area contributed by atoms with Gasteiger partial charge in [0.05, 0.1) is 5.52 Å². The zero-order valence-corrected chi connectivity index (χ0v) is 31.9. The molecule has 2 saturated heterocycles. The Morgan fingerprint density at radius 3 is 2.33 bits per heavy atom. The Bertz CT molecular complexity index is 1740. The van der Waals surface area contributed by atoms with Crippen LogP contribution in [0.5, 0.6) is 5.75 Å². The molecule has 1 aromatic heterocycles. The minimum absolute atomic E-state index is 0.0686. The van der Waals surface area contributed by atoms with Crippen molar-refractivity contribution in [3.05, 3.63) is 35.5 Å². The van der Waals surface area contributed by atoms with Crippen LogP contribution in [0.25, 0.3) is 10.9 Å². The Morgan fingerprint density at radius 2 is 1.69 bits per heavy atom. The predicted octanol–water partition coefficient (Wildman–Crippen LogP) is 2.17. The smallest absolute Gasteiger partial charge is 0.407 e. The number of rotatable bonds is 14. The van der Waals surface area contributed by atoms with Crippen molar-refractivity contribution in [2.45, 2.75) is 89.4 Å². The number of carbonyl (C=O) groups is 6. The van der Waals surface area contributed by atoms with Crippen LogP contribution in [-0.4, -0.2) is 149 Å². The van der Waals surface area contributed by atoms with Crippen molar-refractivity contribution in [1.29, 1.82) is 0 Å². The second kappa shape index (κ2) is 17.4. The highest BCUT2D eigenvalue weighted by molar-refractivity contribution is 5.99. The Morgan fingerprint density at radius 1 is 0.981 bits per heavy atom. The third-order valence-corrected chi connectivity index (χ3v) is 10.7. The normalized spacial score (nSPS) is 18.3. The molecule has 294 valence electrons. The number of pyridine rings is 1. The molecule has 3 N–H and O–H groups in total. The monoisotopic (exact) mass is 751 g/mol. The summed E-state index contributed by atoms with van der Waals surface area (Å²) in [5.74, 6) is -1.96. The van der Waals surface area contributed by atoms with Crippen LogP contribution in [0.15, 0.2) is 24.3 Å². The molecule has 54 heavy (non-hydrogen) atoms. The maximum atomic E-state index is 13.9. The van der Waals surface area contributed by atoms with E-state index in [-0.39, 0.29) is 81.5 Å². The third kappa shape index (κ3) is 9.95. The number of fused-ring (bicyclic) bond motifs is 1. The molecule has 0 radical (unpaired) electrons. The van der Waals surface area contributed by atoms with Gasteiger partial charge in [0.2, 0.25) is 11.8 Å². The molecule has 1 saturated carbocycles. The van der Waals surface area contributed by atoms with Gasteiger partial charge in [0.1, 0.15) is 30.1 Å². The van der Waals surface area contributed by atoms with Gasteiger partial charge in [-0.2, -0.15) is 0 Å². The summed E-state index contributed by atoms with van der Waals surface area (Å²) in [4.78, 5) is 89.1. The van der Waals surface area contributed by atoms with Gasteiger partial charge < -0.3 is 44.8 Å². The number of amides is 5. The van der Waals surface area contributed by atoms with Crippen molar-refractivity contribution in [2.24, 2.45) is 0 Å². The molecular formula is C38H53N7O9. The fourth-order valence-electron chi connectivity index (χ4n) is 6.50. The number of likely N-dealkylation sites (tertiary alicyclic amines) is 1. The summed E-state index contributed by atoms with van der Waals surface area (Å²) >= 11 is 0. The first-order valence-electron chi connectivity index (χ1n) is 18.7. The minimum Gasteiger partial charge on any atom is -0.483 e. The van der Waals surface area contributed by atoms with Gasteiger partial charge in [-0.25, -0.2) is 9.78 Å². The largest absolute Gasteiger partial charge is 0.483 e. The van der Waals surface area contributed by atoms with Crippen LogP contribution < -0.4 is 15.4 Å². The number of esters is 1. The molecular weight excluding hydrogens is 698 g/mol. The molecule has 0 spiro atoms. The number of aromatic nitrogens is 1. The molecule has 1 aromatic carbocycles. The first-order chi connectivity index (χ1) is 25.6. The lowest BCUT2D eigenvalue weighted by Crippen LogP contribution is -2.55. The molecule has 3 fully saturated rings. The first-order valence-corrected chi connectivity index (χ1v) is 18.7. The van der Waals surface area contributed by atoms with E-state index in [1.807, 2.05) is 45.8 Å². The number of ether oxygens (including phenoxy) is 2. The summed E-state index contributed by atoms with van der Waals surface area (Å²) < 4.78 is 11.6. The molecule has 16 nitrogen and oxygen atoms in total. The first kappa shape index (κ1) is 40.2. The molecule has 5 rings (SSSR count). The van der Waals surface area contributed by atoms with E-state index in [0.717, 1.165) is 24.8 Å². The Hall–Kier alpha value is -4.99. The summed E-state index contributed by atoms with van der Waals surface area (Å²) in [6.45, 7) is 6.39. The summed E-state index contributed by atoms with van der Waals surface area (Å²) in [5, 5.41) is 15.7. The van der Waals surface area contributed by atoms with E-state index in [1.165, 1.54) is 15.9 Å². The highest BCUT2D eigenvalue weighted by Gasteiger charge is 2.36. The maximum absolute atomic E-state index is 13.9. The second-order valence-electron chi connectivity index (χ2n) is 15.2. The van der Waals surface area contributed by atoms with E-state index in [0.29, 0.717) is 30.3 Å². The van der Waals surface area contributed by atoms with Crippen molar-refractivity contribution < 1.29 is 43.3 Å². The number of likely N-dealkylation sites (N-methyl/N-ethyl adjacent to an activating group) is 1. The number of benzene rings is 1. The maximum Gasteiger partial charge on any atom is 0.407 e. The van der Waals surface area contributed by atoms with Crippen LogP contribution in [0.2, 0.25) is 0 Å². The van der Waals surface area contributed by atoms with Crippen molar-refractivity contribution >= 4 is 46.6 Å². The minimum atomic E-state index is -1.15. The molecule has 3 aliphatic rings.